The second-order valence-corrected chi connectivity index (χ2v) is 13.9. The van der Waals surface area contributed by atoms with E-state index in [1.54, 1.807) is 0 Å². The quantitative estimate of drug-likeness (QED) is 0.498. The summed E-state index contributed by atoms with van der Waals surface area (Å²) in [7, 11) is -7.81. The summed E-state index contributed by atoms with van der Waals surface area (Å²) in [4.78, 5) is 13.0. The van der Waals surface area contributed by atoms with Crippen LogP contribution in [-0.4, -0.2) is 70.2 Å². The van der Waals surface area contributed by atoms with Crippen molar-refractivity contribution in [3.05, 3.63) is 53.6 Å². The van der Waals surface area contributed by atoms with Crippen LogP contribution in [-0.2, 0) is 29.6 Å². The summed E-state index contributed by atoms with van der Waals surface area (Å²) in [6, 6.07) is 11.0. The van der Waals surface area contributed by atoms with Gasteiger partial charge in [0.15, 0.2) is 0 Å². The van der Waals surface area contributed by atoms with Crippen molar-refractivity contribution >= 4 is 31.6 Å². The largest absolute Gasteiger partial charge is 0.377 e. The first-order valence-corrected chi connectivity index (χ1v) is 16.0. The molecule has 0 spiro atoms. The minimum Gasteiger partial charge on any atom is -0.377 e. The first-order chi connectivity index (χ1) is 18.1. The summed E-state index contributed by atoms with van der Waals surface area (Å²) in [5.74, 6) is -0.454. The van der Waals surface area contributed by atoms with Gasteiger partial charge in [-0.15, -0.1) is 0 Å². The van der Waals surface area contributed by atoms with Crippen molar-refractivity contribution in [1.29, 1.82) is 0 Å². The second-order valence-electron chi connectivity index (χ2n) is 10.0. The Hall–Kier alpha value is -2.31. The molecule has 2 aromatic carbocycles. The van der Waals surface area contributed by atoms with Gasteiger partial charge in [0.2, 0.25) is 26.0 Å². The molecule has 2 aliphatic rings. The number of nitrogens with one attached hydrogen (secondary N) is 1. The van der Waals surface area contributed by atoms with Gasteiger partial charge in [-0.2, -0.15) is 8.61 Å². The summed E-state index contributed by atoms with van der Waals surface area (Å²) < 4.78 is 61.9. The highest BCUT2D eigenvalue weighted by molar-refractivity contribution is 7.89. The summed E-state index contributed by atoms with van der Waals surface area (Å²) in [5.41, 5.74) is 2.43. The molecule has 1 amide bonds. The van der Waals surface area contributed by atoms with Gasteiger partial charge >= 0.3 is 0 Å². The van der Waals surface area contributed by atoms with E-state index in [9.17, 15) is 21.6 Å². The lowest BCUT2D eigenvalue weighted by Gasteiger charge is -2.25. The zero-order valence-electron chi connectivity index (χ0n) is 22.1. The molecule has 4 rings (SSSR count). The van der Waals surface area contributed by atoms with Crippen LogP contribution in [0.3, 0.4) is 0 Å². The van der Waals surface area contributed by atoms with Crippen molar-refractivity contribution in [3.63, 3.8) is 0 Å². The second kappa shape index (κ2) is 12.3. The number of hydrogen-bond acceptors (Lipinski definition) is 6. The zero-order chi connectivity index (χ0) is 27.3. The first-order valence-electron chi connectivity index (χ1n) is 13.2. The van der Waals surface area contributed by atoms with E-state index < -0.39 is 26.0 Å². The van der Waals surface area contributed by atoms with Gasteiger partial charge < -0.3 is 10.1 Å². The average Bonchev–Trinajstić information content (AvgIpc) is 3.24. The number of sulfonamides is 2. The molecule has 208 valence electrons. The van der Waals surface area contributed by atoms with E-state index >= 15 is 0 Å². The maximum atomic E-state index is 13.7. The molecule has 2 fully saturated rings. The minimum absolute atomic E-state index is 0.0380. The van der Waals surface area contributed by atoms with Crippen LogP contribution in [0, 0.1) is 13.8 Å². The number of carbonyl (C=O) groups is 1. The summed E-state index contributed by atoms with van der Waals surface area (Å²) >= 11 is 0. The van der Waals surface area contributed by atoms with Crippen molar-refractivity contribution in [3.8, 4) is 0 Å². The summed E-state index contributed by atoms with van der Waals surface area (Å²) in [5, 5.41) is 2.86. The number of amides is 1. The molecule has 0 radical (unpaired) electrons. The fourth-order valence-electron chi connectivity index (χ4n) is 4.98. The Morgan fingerprint density at radius 1 is 0.921 bits per heavy atom. The topological polar surface area (TPSA) is 113 Å². The van der Waals surface area contributed by atoms with Gasteiger partial charge in [0.25, 0.3) is 0 Å². The molecule has 0 aromatic heterocycles. The SMILES string of the molecule is Cc1cccc(C)c1NC(=O)CN(CC1CCCO1)S(=O)(=O)c1ccc(S(=O)(=O)N2CCCCCC2)cc1. The van der Waals surface area contributed by atoms with Gasteiger partial charge in [0, 0.05) is 31.9 Å². The van der Waals surface area contributed by atoms with Gasteiger partial charge in [-0.25, -0.2) is 16.8 Å². The van der Waals surface area contributed by atoms with Gasteiger partial charge in [-0.3, -0.25) is 4.79 Å². The van der Waals surface area contributed by atoms with Gasteiger partial charge in [0.1, 0.15) is 0 Å². The number of para-hydroxylation sites is 1. The fraction of sp³-hybridized carbons (Fsp3) is 0.519. The number of carbonyl (C=O) groups excluding carboxylic acids is 1. The van der Waals surface area contributed by atoms with E-state index in [2.05, 4.69) is 5.32 Å². The predicted octanol–water partition coefficient (Wildman–Crippen LogP) is 3.68. The molecule has 1 atom stereocenters. The van der Waals surface area contributed by atoms with Crippen molar-refractivity contribution in [2.45, 2.75) is 68.3 Å². The zero-order valence-corrected chi connectivity index (χ0v) is 23.7. The Morgan fingerprint density at radius 3 is 2.11 bits per heavy atom. The van der Waals surface area contributed by atoms with E-state index in [1.165, 1.54) is 28.6 Å². The third-order valence-electron chi connectivity index (χ3n) is 7.16. The average molecular weight is 564 g/mol. The Labute approximate surface area is 226 Å². The van der Waals surface area contributed by atoms with Crippen molar-refractivity contribution < 1.29 is 26.4 Å². The van der Waals surface area contributed by atoms with Crippen LogP contribution in [0.2, 0.25) is 0 Å². The Balaban J connectivity index is 1.56. The van der Waals surface area contributed by atoms with E-state index in [4.69, 9.17) is 4.74 Å². The molecule has 1 N–H and O–H groups in total. The van der Waals surface area contributed by atoms with Crippen molar-refractivity contribution in [2.75, 3.05) is 38.1 Å². The number of rotatable bonds is 9. The smallest absolute Gasteiger partial charge is 0.243 e. The Morgan fingerprint density at radius 2 is 1.53 bits per heavy atom. The highest BCUT2D eigenvalue weighted by Crippen LogP contribution is 2.25. The number of aryl methyl sites for hydroxylation is 2. The van der Waals surface area contributed by atoms with Crippen LogP contribution in [0.4, 0.5) is 5.69 Å². The Bertz CT molecular complexity index is 1310. The van der Waals surface area contributed by atoms with E-state index in [1.807, 2.05) is 32.0 Å². The number of ether oxygens (including phenoxy) is 1. The maximum absolute atomic E-state index is 13.7. The first kappa shape index (κ1) is 28.7. The van der Waals surface area contributed by atoms with Crippen molar-refractivity contribution in [1.82, 2.24) is 8.61 Å². The number of anilines is 1. The number of hydrogen-bond donors (Lipinski definition) is 1. The predicted molar refractivity (Wildman–Crippen MR) is 146 cm³/mol. The Kier molecular flexibility index (Phi) is 9.25. The minimum atomic E-state index is -4.11. The molecule has 2 aromatic rings. The molecule has 2 heterocycles. The van der Waals surface area contributed by atoms with Crippen LogP contribution < -0.4 is 5.32 Å². The highest BCUT2D eigenvalue weighted by Gasteiger charge is 2.32. The molecule has 38 heavy (non-hydrogen) atoms. The molecule has 0 aliphatic carbocycles. The van der Waals surface area contributed by atoms with E-state index in [-0.39, 0.29) is 29.0 Å². The molecule has 9 nitrogen and oxygen atoms in total. The maximum Gasteiger partial charge on any atom is 0.243 e. The number of nitrogens with zero attached hydrogens (tertiary/aromatic N) is 2. The lowest BCUT2D eigenvalue weighted by molar-refractivity contribution is -0.116. The van der Waals surface area contributed by atoms with Crippen LogP contribution in [0.1, 0.15) is 49.7 Å². The van der Waals surface area contributed by atoms with Gasteiger partial charge in [-0.1, -0.05) is 31.0 Å². The molecular weight excluding hydrogens is 526 g/mol. The number of benzene rings is 2. The molecule has 2 aliphatic heterocycles. The molecule has 11 heteroatoms. The van der Waals surface area contributed by atoms with E-state index in [0.29, 0.717) is 31.8 Å². The van der Waals surface area contributed by atoms with Gasteiger partial charge in [0.05, 0.1) is 22.4 Å². The van der Waals surface area contributed by atoms with Gasteiger partial charge in [-0.05, 0) is 74.9 Å². The fourth-order valence-corrected chi connectivity index (χ4v) is 7.92. The molecule has 0 saturated carbocycles. The summed E-state index contributed by atoms with van der Waals surface area (Å²) in [6.07, 6.45) is 4.86. The molecular formula is C27H37N3O6S2. The lowest BCUT2D eigenvalue weighted by Crippen LogP contribution is -2.42. The molecule has 2 saturated heterocycles. The normalized spacial score (nSPS) is 19.4. The van der Waals surface area contributed by atoms with Crippen molar-refractivity contribution in [2.24, 2.45) is 0 Å². The summed E-state index contributed by atoms with van der Waals surface area (Å²) in [6.45, 7) is 4.89. The third kappa shape index (κ3) is 6.63. The highest BCUT2D eigenvalue weighted by atomic mass is 32.2. The van der Waals surface area contributed by atoms with E-state index in [0.717, 1.165) is 47.5 Å². The van der Waals surface area contributed by atoms with Crippen LogP contribution in [0.5, 0.6) is 0 Å². The molecule has 0 bridgehead atoms. The monoisotopic (exact) mass is 563 g/mol. The standard InChI is InChI=1S/C27H37N3O6S2/c1-21-9-7-10-22(2)27(21)28-26(31)20-30(19-23-11-8-18-36-23)38(34,35)25-14-12-24(13-15-25)37(32,33)29-16-5-3-4-6-17-29/h7,9-10,12-15,23H,3-6,8,11,16-20H2,1-2H3,(H,28,31). The van der Waals surface area contributed by atoms with Crippen LogP contribution >= 0.6 is 0 Å². The molecule has 1 unspecified atom stereocenters. The lowest BCUT2D eigenvalue weighted by atomic mass is 10.1. The third-order valence-corrected chi connectivity index (χ3v) is 10.9. The van der Waals surface area contributed by atoms with Crippen LogP contribution in [0.15, 0.2) is 52.3 Å². The van der Waals surface area contributed by atoms with Crippen LogP contribution in [0.25, 0.3) is 0 Å².